The van der Waals surface area contributed by atoms with Crippen LogP contribution in [-0.2, 0) is 14.8 Å². The van der Waals surface area contributed by atoms with Crippen molar-refractivity contribution in [2.75, 3.05) is 19.6 Å². The minimum Gasteiger partial charge on any atom is -0.480 e. The molecule has 21 heavy (non-hydrogen) atoms. The second-order valence-corrected chi connectivity index (χ2v) is 6.87. The van der Waals surface area contributed by atoms with Gasteiger partial charge in [0.2, 0.25) is 10.0 Å². The van der Waals surface area contributed by atoms with Gasteiger partial charge in [0.15, 0.2) is 0 Å². The van der Waals surface area contributed by atoms with E-state index in [0.29, 0.717) is 6.54 Å². The molecule has 1 heterocycles. The minimum absolute atomic E-state index is 0.0166. The summed E-state index contributed by atoms with van der Waals surface area (Å²) in [6.07, 6.45) is 0. The van der Waals surface area contributed by atoms with E-state index in [0.717, 1.165) is 16.4 Å². The van der Waals surface area contributed by atoms with Gasteiger partial charge in [0, 0.05) is 19.6 Å². The molecule has 1 aromatic rings. The van der Waals surface area contributed by atoms with Gasteiger partial charge in [-0.1, -0.05) is 0 Å². The number of carbonyl (C=O) groups is 1. The maximum atomic E-state index is 13.3. The zero-order valence-corrected chi connectivity index (χ0v) is 12.6. The number of aliphatic carboxylic acids is 1. The number of nitrogens with zero attached hydrogens (tertiary/aromatic N) is 1. The lowest BCUT2D eigenvalue weighted by molar-refractivity contribution is -0.141. The number of carboxylic acid groups (broad SMARTS) is 1. The summed E-state index contributed by atoms with van der Waals surface area (Å²) in [5, 5.41) is 12.1. The van der Waals surface area contributed by atoms with Gasteiger partial charge in [-0.05, 0) is 37.1 Å². The van der Waals surface area contributed by atoms with Crippen molar-refractivity contribution < 1.29 is 22.7 Å². The smallest absolute Gasteiger partial charge is 0.323 e. The van der Waals surface area contributed by atoms with Gasteiger partial charge >= 0.3 is 5.97 Å². The van der Waals surface area contributed by atoms with Gasteiger partial charge < -0.3 is 10.4 Å². The topological polar surface area (TPSA) is 86.7 Å². The highest BCUT2D eigenvalue weighted by Crippen LogP contribution is 2.26. The average molecular weight is 316 g/mol. The highest BCUT2D eigenvalue weighted by Gasteiger charge is 2.39. The summed E-state index contributed by atoms with van der Waals surface area (Å²) < 4.78 is 39.8. The van der Waals surface area contributed by atoms with E-state index in [9.17, 15) is 22.7 Å². The van der Waals surface area contributed by atoms with Crippen LogP contribution >= 0.6 is 0 Å². The van der Waals surface area contributed by atoms with Crippen LogP contribution < -0.4 is 5.32 Å². The van der Waals surface area contributed by atoms with E-state index in [1.165, 1.54) is 13.8 Å². The van der Waals surface area contributed by atoms with Gasteiger partial charge in [-0.25, -0.2) is 12.8 Å². The standard InChI is InChI=1S/C13H17FN2O4S/c1-8-5-10(14)6-9(2)12(8)21(19,20)16-4-3-15-7-11(16)13(17)18/h5-6,11,15H,3-4,7H2,1-2H3,(H,17,18). The van der Waals surface area contributed by atoms with Crippen LogP contribution in [0.1, 0.15) is 11.1 Å². The van der Waals surface area contributed by atoms with E-state index in [4.69, 9.17) is 0 Å². The Morgan fingerprint density at radius 3 is 2.48 bits per heavy atom. The molecule has 8 heteroatoms. The summed E-state index contributed by atoms with van der Waals surface area (Å²) in [6.45, 7) is 3.49. The SMILES string of the molecule is Cc1cc(F)cc(C)c1S(=O)(=O)N1CCNCC1C(=O)O. The van der Waals surface area contributed by atoms with Crippen LogP contribution in [0.25, 0.3) is 0 Å². The van der Waals surface area contributed by atoms with E-state index in [2.05, 4.69) is 5.32 Å². The number of nitrogens with one attached hydrogen (secondary N) is 1. The molecule has 0 aliphatic carbocycles. The maximum Gasteiger partial charge on any atom is 0.323 e. The van der Waals surface area contributed by atoms with Gasteiger partial charge in [0.05, 0.1) is 4.90 Å². The molecular formula is C13H17FN2O4S. The van der Waals surface area contributed by atoms with Crippen molar-refractivity contribution in [1.29, 1.82) is 0 Å². The molecule has 2 rings (SSSR count). The maximum absolute atomic E-state index is 13.3. The van der Waals surface area contributed by atoms with Crippen molar-refractivity contribution >= 4 is 16.0 Å². The first-order chi connectivity index (χ1) is 9.75. The molecule has 0 saturated carbocycles. The highest BCUT2D eigenvalue weighted by atomic mass is 32.2. The van der Waals surface area contributed by atoms with Gasteiger partial charge in [-0.2, -0.15) is 4.31 Å². The second-order valence-electron chi connectivity index (χ2n) is 5.04. The zero-order chi connectivity index (χ0) is 15.8. The first-order valence-corrected chi connectivity index (χ1v) is 7.91. The number of hydrogen-bond acceptors (Lipinski definition) is 4. The predicted molar refractivity (Wildman–Crippen MR) is 74.1 cm³/mol. The summed E-state index contributed by atoms with van der Waals surface area (Å²) >= 11 is 0. The molecule has 0 aromatic heterocycles. The number of rotatable bonds is 3. The number of benzene rings is 1. The molecule has 116 valence electrons. The monoisotopic (exact) mass is 316 g/mol. The molecule has 1 aliphatic heterocycles. The molecule has 1 fully saturated rings. The van der Waals surface area contributed by atoms with Gasteiger partial charge in [-0.3, -0.25) is 4.79 Å². The van der Waals surface area contributed by atoms with Gasteiger partial charge in [0.1, 0.15) is 11.9 Å². The number of piperazine rings is 1. The number of aryl methyl sites for hydroxylation is 2. The number of halogens is 1. The Balaban J connectivity index is 2.53. The Morgan fingerprint density at radius 1 is 1.38 bits per heavy atom. The third kappa shape index (κ3) is 2.92. The Bertz CT molecular complexity index is 652. The Morgan fingerprint density at radius 2 is 1.95 bits per heavy atom. The van der Waals surface area contributed by atoms with Crippen molar-refractivity contribution in [3.63, 3.8) is 0 Å². The number of carboxylic acids is 1. The minimum atomic E-state index is -3.99. The van der Waals surface area contributed by atoms with E-state index in [1.54, 1.807) is 0 Å². The fraction of sp³-hybridized carbons (Fsp3) is 0.462. The van der Waals surface area contributed by atoms with Crippen LogP contribution in [0.2, 0.25) is 0 Å². The number of hydrogen-bond donors (Lipinski definition) is 2. The lowest BCUT2D eigenvalue weighted by atomic mass is 10.1. The molecule has 1 aromatic carbocycles. The van der Waals surface area contributed by atoms with E-state index >= 15 is 0 Å². The molecule has 0 amide bonds. The summed E-state index contributed by atoms with van der Waals surface area (Å²) in [4.78, 5) is 11.2. The molecule has 0 spiro atoms. The van der Waals surface area contributed by atoms with Crippen molar-refractivity contribution in [1.82, 2.24) is 9.62 Å². The molecule has 6 nitrogen and oxygen atoms in total. The van der Waals surface area contributed by atoms with Gasteiger partial charge in [-0.15, -0.1) is 0 Å². The molecule has 1 aliphatic rings. The van der Waals surface area contributed by atoms with Crippen LogP contribution in [0.5, 0.6) is 0 Å². The largest absolute Gasteiger partial charge is 0.480 e. The van der Waals surface area contributed by atoms with Crippen molar-refractivity contribution in [3.05, 3.63) is 29.1 Å². The summed E-state index contributed by atoms with van der Waals surface area (Å²) in [6, 6.07) is 1.11. The summed E-state index contributed by atoms with van der Waals surface area (Å²) in [7, 11) is -3.99. The average Bonchev–Trinajstić information content (AvgIpc) is 2.37. The Hall–Kier alpha value is -1.51. The second kappa shape index (κ2) is 5.70. The van der Waals surface area contributed by atoms with Crippen LogP contribution in [0, 0.1) is 19.7 Å². The predicted octanol–water partition coefficient (Wildman–Crippen LogP) is 0.490. The first kappa shape index (κ1) is 15.9. The van der Waals surface area contributed by atoms with E-state index in [-0.39, 0.29) is 29.1 Å². The third-order valence-corrected chi connectivity index (χ3v) is 5.69. The zero-order valence-electron chi connectivity index (χ0n) is 11.8. The van der Waals surface area contributed by atoms with Crippen molar-refractivity contribution in [2.45, 2.75) is 24.8 Å². The van der Waals surface area contributed by atoms with Crippen molar-refractivity contribution in [3.8, 4) is 0 Å². The lowest BCUT2D eigenvalue weighted by Gasteiger charge is -2.33. The lowest BCUT2D eigenvalue weighted by Crippen LogP contribution is -2.56. The Labute approximate surface area is 122 Å². The molecule has 1 unspecified atom stereocenters. The fourth-order valence-electron chi connectivity index (χ4n) is 2.61. The number of sulfonamides is 1. The van der Waals surface area contributed by atoms with Crippen LogP contribution in [0.4, 0.5) is 4.39 Å². The van der Waals surface area contributed by atoms with Crippen LogP contribution in [0.15, 0.2) is 17.0 Å². The molecule has 0 radical (unpaired) electrons. The van der Waals surface area contributed by atoms with Crippen LogP contribution in [0.3, 0.4) is 0 Å². The summed E-state index contributed by atoms with van der Waals surface area (Å²) in [5.41, 5.74) is 0.547. The fourth-order valence-corrected chi connectivity index (χ4v) is 4.60. The molecule has 1 atom stereocenters. The third-order valence-electron chi connectivity index (χ3n) is 3.47. The van der Waals surface area contributed by atoms with Crippen molar-refractivity contribution in [2.24, 2.45) is 0 Å². The molecular weight excluding hydrogens is 299 g/mol. The molecule has 2 N–H and O–H groups in total. The Kier molecular flexibility index (Phi) is 4.31. The van der Waals surface area contributed by atoms with E-state index < -0.39 is 27.9 Å². The van der Waals surface area contributed by atoms with Crippen LogP contribution in [-0.4, -0.2) is 49.5 Å². The molecule has 1 saturated heterocycles. The highest BCUT2D eigenvalue weighted by molar-refractivity contribution is 7.89. The first-order valence-electron chi connectivity index (χ1n) is 6.47. The normalized spacial score (nSPS) is 20.4. The molecule has 0 bridgehead atoms. The quantitative estimate of drug-likeness (QED) is 0.847. The van der Waals surface area contributed by atoms with E-state index in [1.807, 2.05) is 0 Å². The van der Waals surface area contributed by atoms with Gasteiger partial charge in [0.25, 0.3) is 0 Å². The summed E-state index contributed by atoms with van der Waals surface area (Å²) in [5.74, 6) is -1.72.